The lowest BCUT2D eigenvalue weighted by molar-refractivity contribution is -0.150. The second-order valence-electron chi connectivity index (χ2n) is 13.8. The van der Waals surface area contributed by atoms with Gasteiger partial charge in [0, 0.05) is 43.8 Å². The maximum atomic E-state index is 14.7. The number of hydrogen-bond donors (Lipinski definition) is 1. The van der Waals surface area contributed by atoms with Gasteiger partial charge in [0.1, 0.15) is 11.9 Å². The summed E-state index contributed by atoms with van der Waals surface area (Å²) in [5, 5.41) is 3.85. The lowest BCUT2D eigenvalue weighted by Crippen LogP contribution is -2.55. The van der Waals surface area contributed by atoms with Gasteiger partial charge in [-0.3, -0.25) is 9.59 Å². The molecule has 3 aromatic carbocycles. The maximum absolute atomic E-state index is 14.7. The molecular weight excluding hydrogens is 684 g/mol. The van der Waals surface area contributed by atoms with Gasteiger partial charge in [-0.1, -0.05) is 86.9 Å². The molecular formula is C40H49FN4O6S. The minimum absolute atomic E-state index is 0.0628. The molecule has 278 valence electrons. The average molecular weight is 733 g/mol. The summed E-state index contributed by atoms with van der Waals surface area (Å²) in [7, 11) is -4.03. The molecule has 1 unspecified atom stereocenters. The van der Waals surface area contributed by atoms with E-state index in [0.29, 0.717) is 42.0 Å². The van der Waals surface area contributed by atoms with Crippen LogP contribution in [0, 0.1) is 25.6 Å². The average Bonchev–Trinajstić information content (AvgIpc) is 3.76. The number of carbonyl (C=O) groups is 2. The number of ether oxygens (including phenoxy) is 1. The van der Waals surface area contributed by atoms with Crippen LogP contribution in [0.25, 0.3) is 11.1 Å². The van der Waals surface area contributed by atoms with Crippen molar-refractivity contribution in [3.05, 3.63) is 101 Å². The maximum Gasteiger partial charge on any atom is 0.264 e. The molecule has 1 N–H and O–H groups in total. The Hall–Kier alpha value is -4.55. The number of sulfonamides is 1. The van der Waals surface area contributed by atoms with Gasteiger partial charge in [0.05, 0.1) is 16.7 Å². The molecule has 2 heterocycles. The molecule has 5 rings (SSSR count). The predicted molar refractivity (Wildman–Crippen MR) is 198 cm³/mol. The molecule has 1 fully saturated rings. The number of halogens is 1. The van der Waals surface area contributed by atoms with E-state index in [1.165, 1.54) is 18.2 Å². The third-order valence-electron chi connectivity index (χ3n) is 9.51. The molecule has 1 aromatic heterocycles. The summed E-state index contributed by atoms with van der Waals surface area (Å²) in [5.74, 6) is -0.757. The second kappa shape index (κ2) is 17.3. The second-order valence-corrected chi connectivity index (χ2v) is 15.5. The Morgan fingerprint density at radius 3 is 2.21 bits per heavy atom. The molecule has 0 saturated carbocycles. The lowest BCUT2D eigenvalue weighted by atomic mass is 9.98. The zero-order valence-electron chi connectivity index (χ0n) is 30.6. The Kier molecular flexibility index (Phi) is 12.9. The summed E-state index contributed by atoms with van der Waals surface area (Å²) in [6.07, 6.45) is 3.57. The monoisotopic (exact) mass is 732 g/mol. The van der Waals surface area contributed by atoms with Crippen LogP contribution in [0.1, 0.15) is 75.3 Å². The van der Waals surface area contributed by atoms with Crippen LogP contribution in [0.2, 0.25) is 0 Å². The molecule has 12 heteroatoms. The zero-order valence-corrected chi connectivity index (χ0v) is 31.4. The number of unbranched alkanes of at least 4 members (excludes halogenated alkanes) is 1. The van der Waals surface area contributed by atoms with Crippen LogP contribution < -0.4 is 4.72 Å². The van der Waals surface area contributed by atoms with E-state index < -0.39 is 16.1 Å². The normalized spacial score (nSPS) is 15.1. The van der Waals surface area contributed by atoms with Gasteiger partial charge >= 0.3 is 0 Å². The van der Waals surface area contributed by atoms with Crippen molar-refractivity contribution < 1.29 is 31.7 Å². The summed E-state index contributed by atoms with van der Waals surface area (Å²) in [6.45, 7) is 10.8. The van der Waals surface area contributed by atoms with Crippen LogP contribution >= 0.6 is 0 Å². The molecule has 2 amide bonds. The fraction of sp³-hybridized carbons (Fsp3) is 0.425. The Morgan fingerprint density at radius 1 is 0.981 bits per heavy atom. The third-order valence-corrected chi connectivity index (χ3v) is 10.9. The van der Waals surface area contributed by atoms with E-state index in [1.807, 2.05) is 45.0 Å². The van der Waals surface area contributed by atoms with Crippen LogP contribution in [0.3, 0.4) is 0 Å². The highest BCUT2D eigenvalue weighted by Crippen LogP contribution is 2.31. The summed E-state index contributed by atoms with van der Waals surface area (Å²) in [6, 6.07) is 19.4. The Labute approximate surface area is 306 Å². The van der Waals surface area contributed by atoms with Crippen LogP contribution in [0.15, 0.2) is 82.2 Å². The van der Waals surface area contributed by atoms with E-state index in [0.717, 1.165) is 36.8 Å². The minimum Gasteiger partial charge on any atom is -0.376 e. The van der Waals surface area contributed by atoms with Crippen molar-refractivity contribution in [1.29, 1.82) is 0 Å². The van der Waals surface area contributed by atoms with E-state index in [9.17, 15) is 22.4 Å². The number of nitrogens with one attached hydrogen (secondary N) is 1. The number of rotatable bonds is 16. The Balaban J connectivity index is 1.44. The zero-order chi connectivity index (χ0) is 37.4. The molecule has 0 radical (unpaired) electrons. The van der Waals surface area contributed by atoms with E-state index in [-0.39, 0.29) is 53.5 Å². The number of amides is 2. The number of hydrogen-bond acceptors (Lipinski definition) is 7. The minimum atomic E-state index is -4.03. The highest BCUT2D eigenvalue weighted by Gasteiger charge is 2.37. The standard InChI is InChI=1S/C40H49FN4O6S/c1-6-7-14-37(46)45(26-34-11-10-23-50-34)38(27(2)3)40(47)44(25-31-17-21-33(41)22-18-31)24-30-15-19-32(20-16-30)35-12-8-9-13-36(35)52(48,49)43-39-28(4)29(5)42-51-39/h8-9,12-13,15-22,27,34,38,43H,6-7,10-11,14,23-26H2,1-5H3/t34?,38-/m0/s1. The van der Waals surface area contributed by atoms with Crippen molar-refractivity contribution in [2.24, 2.45) is 5.92 Å². The van der Waals surface area contributed by atoms with Gasteiger partial charge in [0.25, 0.3) is 10.0 Å². The largest absolute Gasteiger partial charge is 0.376 e. The summed E-state index contributed by atoms with van der Waals surface area (Å²) in [4.78, 5) is 31.9. The topological polar surface area (TPSA) is 122 Å². The van der Waals surface area contributed by atoms with Crippen LogP contribution in [0.4, 0.5) is 10.3 Å². The van der Waals surface area contributed by atoms with E-state index in [1.54, 1.807) is 54.0 Å². The van der Waals surface area contributed by atoms with Crippen molar-refractivity contribution in [2.45, 2.75) is 96.9 Å². The lowest BCUT2D eigenvalue weighted by Gasteiger charge is -2.38. The molecule has 1 aliphatic rings. The smallest absolute Gasteiger partial charge is 0.264 e. The fourth-order valence-corrected chi connectivity index (χ4v) is 7.75. The Bertz CT molecular complexity index is 1920. The van der Waals surface area contributed by atoms with E-state index in [4.69, 9.17) is 9.26 Å². The number of nitrogens with zero attached hydrogens (tertiary/aromatic N) is 3. The number of aromatic nitrogens is 1. The Morgan fingerprint density at radius 2 is 1.63 bits per heavy atom. The molecule has 10 nitrogen and oxygen atoms in total. The summed E-state index contributed by atoms with van der Waals surface area (Å²) >= 11 is 0. The first-order valence-electron chi connectivity index (χ1n) is 18.0. The van der Waals surface area contributed by atoms with Gasteiger partial charge in [-0.25, -0.2) is 17.5 Å². The highest BCUT2D eigenvalue weighted by atomic mass is 32.2. The molecule has 52 heavy (non-hydrogen) atoms. The first kappa shape index (κ1) is 38.7. The van der Waals surface area contributed by atoms with Gasteiger partial charge in [0.2, 0.25) is 17.7 Å². The van der Waals surface area contributed by atoms with Crippen molar-refractivity contribution in [2.75, 3.05) is 17.9 Å². The van der Waals surface area contributed by atoms with Crippen LogP contribution in [0.5, 0.6) is 0 Å². The summed E-state index contributed by atoms with van der Waals surface area (Å²) < 4.78 is 54.6. The summed E-state index contributed by atoms with van der Waals surface area (Å²) in [5.41, 5.74) is 3.90. The molecule has 4 aromatic rings. The van der Waals surface area contributed by atoms with Crippen LogP contribution in [-0.2, 0) is 37.4 Å². The SMILES string of the molecule is CCCCC(=O)N(CC1CCCO1)[C@H](C(=O)N(Cc1ccc(F)cc1)Cc1ccc(-c2ccccc2S(=O)(=O)Nc2onc(C)c2C)cc1)C(C)C. The van der Waals surface area contributed by atoms with Crippen molar-refractivity contribution >= 4 is 27.7 Å². The van der Waals surface area contributed by atoms with Crippen molar-refractivity contribution in [3.63, 3.8) is 0 Å². The van der Waals surface area contributed by atoms with Gasteiger partial charge in [-0.15, -0.1) is 0 Å². The molecule has 0 aliphatic carbocycles. The van der Waals surface area contributed by atoms with E-state index in [2.05, 4.69) is 9.88 Å². The van der Waals surface area contributed by atoms with Crippen molar-refractivity contribution in [3.8, 4) is 11.1 Å². The molecule has 1 aliphatic heterocycles. The van der Waals surface area contributed by atoms with E-state index >= 15 is 0 Å². The van der Waals surface area contributed by atoms with Gasteiger partial charge < -0.3 is 19.1 Å². The number of anilines is 1. The third kappa shape index (κ3) is 9.46. The number of benzene rings is 3. The van der Waals surface area contributed by atoms with Gasteiger partial charge in [0.15, 0.2) is 0 Å². The molecule has 0 bridgehead atoms. The fourth-order valence-electron chi connectivity index (χ4n) is 6.47. The van der Waals surface area contributed by atoms with Crippen molar-refractivity contribution in [1.82, 2.24) is 15.0 Å². The molecule has 2 atom stereocenters. The number of carbonyl (C=O) groups excluding carboxylic acids is 2. The first-order valence-corrected chi connectivity index (χ1v) is 19.4. The first-order chi connectivity index (χ1) is 24.9. The van der Waals surface area contributed by atoms with Crippen LogP contribution in [-0.4, -0.2) is 60.5 Å². The number of aryl methyl sites for hydroxylation is 1. The molecule has 0 spiro atoms. The molecule has 1 saturated heterocycles. The predicted octanol–water partition coefficient (Wildman–Crippen LogP) is 7.65. The highest BCUT2D eigenvalue weighted by molar-refractivity contribution is 7.92. The van der Waals surface area contributed by atoms with Gasteiger partial charge in [-0.05, 0) is 73.9 Å². The van der Waals surface area contributed by atoms with Gasteiger partial charge in [-0.2, -0.15) is 0 Å². The quantitative estimate of drug-likeness (QED) is 0.126.